The van der Waals surface area contributed by atoms with Gasteiger partial charge in [0, 0.05) is 18.8 Å². The molecule has 0 spiro atoms. The average molecular weight is 237 g/mol. The molecule has 0 amide bonds. The molecule has 0 radical (unpaired) electrons. The molecule has 0 aromatic heterocycles. The van der Waals surface area contributed by atoms with Gasteiger partial charge in [0.1, 0.15) is 6.54 Å². The number of hydrogen-bond acceptors (Lipinski definition) is 3. The van der Waals surface area contributed by atoms with E-state index in [0.29, 0.717) is 6.54 Å². The van der Waals surface area contributed by atoms with Gasteiger partial charge < -0.3 is 15.1 Å². The Labute approximate surface area is 101 Å². The van der Waals surface area contributed by atoms with Gasteiger partial charge >= 0.3 is 5.97 Å². The summed E-state index contributed by atoms with van der Waals surface area (Å²) in [5.41, 5.74) is 0.930. The van der Waals surface area contributed by atoms with Gasteiger partial charge in [-0.05, 0) is 31.4 Å². The Morgan fingerprint density at radius 3 is 2.41 bits per heavy atom. The van der Waals surface area contributed by atoms with Crippen molar-refractivity contribution < 1.29 is 15.0 Å². The van der Waals surface area contributed by atoms with Crippen LogP contribution in [-0.2, 0) is 4.79 Å². The highest BCUT2D eigenvalue weighted by Crippen LogP contribution is 2.13. The van der Waals surface area contributed by atoms with Crippen molar-refractivity contribution in [2.75, 3.05) is 24.6 Å². The van der Waals surface area contributed by atoms with Crippen LogP contribution >= 0.6 is 0 Å². The Morgan fingerprint density at radius 2 is 1.82 bits per heavy atom. The molecule has 0 saturated heterocycles. The van der Waals surface area contributed by atoms with Crippen molar-refractivity contribution in [3.8, 4) is 0 Å². The summed E-state index contributed by atoms with van der Waals surface area (Å²) < 4.78 is 0. The molecule has 4 nitrogen and oxygen atoms in total. The lowest BCUT2D eigenvalue weighted by molar-refractivity contribution is -0.135. The zero-order chi connectivity index (χ0) is 12.5. The van der Waals surface area contributed by atoms with Gasteiger partial charge in [-0.15, -0.1) is 0 Å². The molecule has 0 aliphatic rings. The van der Waals surface area contributed by atoms with Crippen molar-refractivity contribution in [1.29, 1.82) is 0 Å². The highest BCUT2D eigenvalue weighted by atomic mass is 16.4. The number of aliphatic hydroxyl groups is 1. The van der Waals surface area contributed by atoms with Crippen LogP contribution in [0.25, 0.3) is 0 Å². The molecule has 2 N–H and O–H groups in total. The Hall–Kier alpha value is -1.55. The van der Waals surface area contributed by atoms with Crippen molar-refractivity contribution in [2.24, 2.45) is 0 Å². The van der Waals surface area contributed by atoms with Crippen LogP contribution in [0.15, 0.2) is 30.3 Å². The molecule has 0 aliphatic carbocycles. The SMILES string of the molecule is O=C(O)CN(CCCCCO)c1ccccc1. The van der Waals surface area contributed by atoms with Gasteiger partial charge in [-0.25, -0.2) is 0 Å². The number of carbonyl (C=O) groups is 1. The Bertz CT molecular complexity index is 327. The van der Waals surface area contributed by atoms with Crippen LogP contribution in [0.3, 0.4) is 0 Å². The number of benzene rings is 1. The number of hydrogen-bond donors (Lipinski definition) is 2. The number of para-hydroxylation sites is 1. The predicted molar refractivity (Wildman–Crippen MR) is 67.2 cm³/mol. The fourth-order valence-corrected chi connectivity index (χ4v) is 1.69. The molecule has 1 rings (SSSR count). The lowest BCUT2D eigenvalue weighted by Gasteiger charge is -2.22. The Morgan fingerprint density at radius 1 is 1.12 bits per heavy atom. The second-order valence-corrected chi connectivity index (χ2v) is 3.94. The molecule has 17 heavy (non-hydrogen) atoms. The number of carboxylic acid groups (broad SMARTS) is 1. The van der Waals surface area contributed by atoms with Crippen molar-refractivity contribution in [1.82, 2.24) is 0 Å². The zero-order valence-electron chi connectivity index (χ0n) is 9.88. The first-order valence-electron chi connectivity index (χ1n) is 5.86. The maximum absolute atomic E-state index is 10.8. The van der Waals surface area contributed by atoms with E-state index in [2.05, 4.69) is 0 Å². The molecule has 94 valence electrons. The number of nitrogens with zero attached hydrogens (tertiary/aromatic N) is 1. The number of anilines is 1. The smallest absolute Gasteiger partial charge is 0.323 e. The van der Waals surface area contributed by atoms with Crippen LogP contribution < -0.4 is 4.90 Å². The highest BCUT2D eigenvalue weighted by molar-refractivity contribution is 5.73. The summed E-state index contributed by atoms with van der Waals surface area (Å²) in [5, 5.41) is 17.6. The Kier molecular flexibility index (Phi) is 6.10. The molecule has 0 saturated carbocycles. The first kappa shape index (κ1) is 13.5. The van der Waals surface area contributed by atoms with Crippen LogP contribution in [0.1, 0.15) is 19.3 Å². The summed E-state index contributed by atoms with van der Waals surface area (Å²) >= 11 is 0. The van der Waals surface area contributed by atoms with E-state index in [-0.39, 0.29) is 13.2 Å². The van der Waals surface area contributed by atoms with E-state index in [1.165, 1.54) is 0 Å². The van der Waals surface area contributed by atoms with E-state index >= 15 is 0 Å². The number of carboxylic acids is 1. The highest BCUT2D eigenvalue weighted by Gasteiger charge is 2.09. The van der Waals surface area contributed by atoms with Crippen molar-refractivity contribution in [2.45, 2.75) is 19.3 Å². The van der Waals surface area contributed by atoms with Gasteiger partial charge in [-0.1, -0.05) is 18.2 Å². The third-order valence-corrected chi connectivity index (χ3v) is 2.53. The number of unbranched alkanes of at least 4 members (excludes halogenated alkanes) is 2. The van der Waals surface area contributed by atoms with Crippen LogP contribution in [0.4, 0.5) is 5.69 Å². The first-order valence-corrected chi connectivity index (χ1v) is 5.86. The van der Waals surface area contributed by atoms with Gasteiger partial charge in [0.15, 0.2) is 0 Å². The van der Waals surface area contributed by atoms with Crippen molar-refractivity contribution >= 4 is 11.7 Å². The molecular weight excluding hydrogens is 218 g/mol. The van der Waals surface area contributed by atoms with Crippen molar-refractivity contribution in [3.63, 3.8) is 0 Å². The van der Waals surface area contributed by atoms with Gasteiger partial charge in [-0.2, -0.15) is 0 Å². The second kappa shape index (κ2) is 7.68. The minimum absolute atomic E-state index is 0.0170. The van der Waals surface area contributed by atoms with Crippen molar-refractivity contribution in [3.05, 3.63) is 30.3 Å². The molecule has 0 aliphatic heterocycles. The third-order valence-electron chi connectivity index (χ3n) is 2.53. The van der Waals surface area contributed by atoms with Crippen LogP contribution in [0.5, 0.6) is 0 Å². The van der Waals surface area contributed by atoms with Crippen LogP contribution in [-0.4, -0.2) is 35.9 Å². The molecule has 1 aromatic carbocycles. The molecular formula is C13H19NO3. The summed E-state index contributed by atoms with van der Waals surface area (Å²) in [6, 6.07) is 9.54. The number of aliphatic carboxylic acids is 1. The molecule has 0 bridgehead atoms. The van der Waals surface area contributed by atoms with Gasteiger partial charge in [0.25, 0.3) is 0 Å². The topological polar surface area (TPSA) is 60.8 Å². The van der Waals surface area contributed by atoms with E-state index in [0.717, 1.165) is 24.9 Å². The average Bonchev–Trinajstić information content (AvgIpc) is 2.34. The van der Waals surface area contributed by atoms with Gasteiger partial charge in [0.05, 0.1) is 0 Å². The maximum atomic E-state index is 10.8. The minimum Gasteiger partial charge on any atom is -0.480 e. The Balaban J connectivity index is 2.52. The summed E-state index contributed by atoms with van der Waals surface area (Å²) in [7, 11) is 0. The predicted octanol–water partition coefficient (Wildman–Crippen LogP) is 1.74. The molecule has 0 fully saturated rings. The van der Waals surface area contributed by atoms with Crippen LogP contribution in [0.2, 0.25) is 0 Å². The molecule has 0 atom stereocenters. The fourth-order valence-electron chi connectivity index (χ4n) is 1.69. The quantitative estimate of drug-likeness (QED) is 0.676. The van der Waals surface area contributed by atoms with E-state index in [1.54, 1.807) is 0 Å². The van der Waals surface area contributed by atoms with Gasteiger partial charge in [0.2, 0.25) is 0 Å². The minimum atomic E-state index is -0.823. The van der Waals surface area contributed by atoms with E-state index < -0.39 is 5.97 Å². The van der Waals surface area contributed by atoms with E-state index in [1.807, 2.05) is 35.2 Å². The molecule has 1 aromatic rings. The second-order valence-electron chi connectivity index (χ2n) is 3.94. The summed E-state index contributed by atoms with van der Waals surface area (Å²) in [4.78, 5) is 12.6. The fraction of sp³-hybridized carbons (Fsp3) is 0.462. The maximum Gasteiger partial charge on any atom is 0.323 e. The van der Waals surface area contributed by atoms with Crippen LogP contribution in [0, 0.1) is 0 Å². The number of aliphatic hydroxyl groups excluding tert-OH is 1. The summed E-state index contributed by atoms with van der Waals surface area (Å²) in [6.07, 6.45) is 2.58. The molecule has 0 unspecified atom stereocenters. The summed E-state index contributed by atoms with van der Waals surface area (Å²) in [6.45, 7) is 0.920. The van der Waals surface area contributed by atoms with E-state index in [9.17, 15) is 4.79 Å². The largest absolute Gasteiger partial charge is 0.480 e. The lowest BCUT2D eigenvalue weighted by Crippen LogP contribution is -2.30. The summed E-state index contributed by atoms with van der Waals surface area (Å²) in [5.74, 6) is -0.823. The van der Waals surface area contributed by atoms with Gasteiger partial charge in [-0.3, -0.25) is 4.79 Å². The normalized spacial score (nSPS) is 10.2. The monoisotopic (exact) mass is 237 g/mol. The first-order chi connectivity index (χ1) is 8.24. The third kappa shape index (κ3) is 5.36. The standard InChI is InChI=1S/C13H19NO3/c15-10-6-2-5-9-14(11-13(16)17)12-7-3-1-4-8-12/h1,3-4,7-8,15H,2,5-6,9-11H2,(H,16,17). The molecule has 0 heterocycles. The van der Waals surface area contributed by atoms with E-state index in [4.69, 9.17) is 10.2 Å². The zero-order valence-corrected chi connectivity index (χ0v) is 9.88. The molecule has 4 heteroatoms. The lowest BCUT2D eigenvalue weighted by atomic mass is 10.2. The number of rotatable bonds is 8.